The first-order chi connectivity index (χ1) is 6.00. The van der Waals surface area contributed by atoms with Gasteiger partial charge in [-0.15, -0.1) is 11.3 Å². The Morgan fingerprint density at radius 2 is 2.31 bits per heavy atom. The van der Waals surface area contributed by atoms with Crippen LogP contribution < -0.4 is 0 Å². The lowest BCUT2D eigenvalue weighted by Gasteiger charge is -2.04. The molecule has 0 bridgehead atoms. The molecule has 0 amide bonds. The molecule has 1 aromatic rings. The van der Waals surface area contributed by atoms with Gasteiger partial charge >= 0.3 is 5.38 Å². The predicted octanol–water partition coefficient (Wildman–Crippen LogP) is 3.08. The number of rotatable bonds is 4. The van der Waals surface area contributed by atoms with Gasteiger partial charge in [0.1, 0.15) is 0 Å². The summed E-state index contributed by atoms with van der Waals surface area (Å²) in [6.45, 7) is 0. The highest BCUT2D eigenvalue weighted by molar-refractivity contribution is 7.09. The van der Waals surface area contributed by atoms with Gasteiger partial charge in [-0.25, -0.2) is 0 Å². The highest BCUT2D eigenvalue weighted by Crippen LogP contribution is 2.23. The molecule has 0 radical (unpaired) electrons. The summed E-state index contributed by atoms with van der Waals surface area (Å²) in [7, 11) is 0. The molecular weight excluding hydrogens is 218 g/mol. The average molecular weight is 225 g/mol. The summed E-state index contributed by atoms with van der Waals surface area (Å²) in [6, 6.07) is 3.60. The van der Waals surface area contributed by atoms with E-state index in [1.165, 1.54) is 11.3 Å². The van der Waals surface area contributed by atoms with Gasteiger partial charge < -0.3 is 0 Å². The maximum absolute atomic E-state index is 12.2. The fourth-order valence-electron chi connectivity index (χ4n) is 0.833. The van der Waals surface area contributed by atoms with Crippen molar-refractivity contribution < 1.29 is 13.6 Å². The van der Waals surface area contributed by atoms with Crippen LogP contribution in [0.4, 0.5) is 8.78 Å². The minimum atomic E-state index is -3.71. The second-order valence-electron chi connectivity index (χ2n) is 2.50. The quantitative estimate of drug-likeness (QED) is 0.719. The summed E-state index contributed by atoms with van der Waals surface area (Å²) in [5, 5.41) is -1.88. The smallest absolute Gasteiger partial charge is 0.291 e. The van der Waals surface area contributed by atoms with Gasteiger partial charge in [-0.2, -0.15) is 8.78 Å². The van der Waals surface area contributed by atoms with Gasteiger partial charge in [-0.05, 0) is 29.5 Å². The van der Waals surface area contributed by atoms with Crippen LogP contribution in [0.1, 0.15) is 11.3 Å². The maximum atomic E-state index is 12.2. The second kappa shape index (κ2) is 4.15. The van der Waals surface area contributed by atoms with Gasteiger partial charge in [0.15, 0.2) is 0 Å². The van der Waals surface area contributed by atoms with E-state index < -0.39 is 11.2 Å². The molecule has 1 aromatic heterocycles. The van der Waals surface area contributed by atoms with E-state index in [0.29, 0.717) is 6.42 Å². The average Bonchev–Trinajstić information content (AvgIpc) is 2.50. The molecule has 1 nitrogen and oxygen atoms in total. The molecule has 1 rings (SSSR count). The van der Waals surface area contributed by atoms with Crippen molar-refractivity contribution in [2.45, 2.75) is 18.2 Å². The van der Waals surface area contributed by atoms with Gasteiger partial charge in [0, 0.05) is 11.3 Å². The number of aryl methyl sites for hydroxylation is 1. The van der Waals surface area contributed by atoms with Gasteiger partial charge in [0.25, 0.3) is 0 Å². The van der Waals surface area contributed by atoms with Gasteiger partial charge in [-0.1, -0.05) is 6.07 Å². The monoisotopic (exact) mass is 224 g/mol. The van der Waals surface area contributed by atoms with E-state index in [9.17, 15) is 13.6 Å². The Labute approximate surface area is 83.3 Å². The lowest BCUT2D eigenvalue weighted by molar-refractivity contribution is -0.133. The SMILES string of the molecule is O=C(CCc1cccs1)C(F)(F)Cl. The zero-order valence-electron chi connectivity index (χ0n) is 6.60. The van der Waals surface area contributed by atoms with E-state index in [1.54, 1.807) is 6.07 Å². The van der Waals surface area contributed by atoms with Crippen LogP contribution in [0.15, 0.2) is 17.5 Å². The van der Waals surface area contributed by atoms with Crippen molar-refractivity contribution in [1.29, 1.82) is 0 Å². The van der Waals surface area contributed by atoms with Gasteiger partial charge in [0.05, 0.1) is 0 Å². The van der Waals surface area contributed by atoms with Crippen LogP contribution in [-0.2, 0) is 11.2 Å². The topological polar surface area (TPSA) is 17.1 Å². The number of halogens is 3. The van der Waals surface area contributed by atoms with Crippen LogP contribution in [0, 0.1) is 0 Å². The molecular formula is C8H7ClF2OS. The van der Waals surface area contributed by atoms with Crippen molar-refractivity contribution in [2.75, 3.05) is 0 Å². The third kappa shape index (κ3) is 3.40. The highest BCUT2D eigenvalue weighted by atomic mass is 35.5. The molecule has 0 aliphatic heterocycles. The van der Waals surface area contributed by atoms with E-state index in [4.69, 9.17) is 0 Å². The van der Waals surface area contributed by atoms with E-state index in [1.807, 2.05) is 11.4 Å². The third-order valence-corrected chi connectivity index (χ3v) is 2.64. The molecule has 0 saturated heterocycles. The summed E-state index contributed by atoms with van der Waals surface area (Å²) < 4.78 is 24.3. The molecule has 13 heavy (non-hydrogen) atoms. The molecule has 0 N–H and O–H groups in total. The summed E-state index contributed by atoms with van der Waals surface area (Å²) in [5.41, 5.74) is 0. The normalized spacial score (nSPS) is 11.6. The third-order valence-electron chi connectivity index (χ3n) is 1.49. The lowest BCUT2D eigenvalue weighted by Crippen LogP contribution is -2.21. The van der Waals surface area contributed by atoms with E-state index in [2.05, 4.69) is 11.6 Å². The zero-order chi connectivity index (χ0) is 9.90. The molecule has 1 heterocycles. The summed E-state index contributed by atoms with van der Waals surface area (Å²) >= 11 is 5.98. The Bertz CT molecular complexity index is 279. The van der Waals surface area contributed by atoms with E-state index >= 15 is 0 Å². The molecule has 0 unspecified atom stereocenters. The van der Waals surface area contributed by atoms with Crippen molar-refractivity contribution in [2.24, 2.45) is 0 Å². The Kier molecular flexibility index (Phi) is 3.39. The molecule has 0 aromatic carbocycles. The standard InChI is InChI=1S/C8H7ClF2OS/c9-8(10,11)7(12)4-3-6-2-1-5-13-6/h1-2,5H,3-4H2. The minimum Gasteiger partial charge on any atom is -0.291 e. The van der Waals surface area contributed by atoms with Crippen molar-refractivity contribution in [1.82, 2.24) is 0 Å². The number of Topliss-reactive ketones (excluding diaryl/α,β-unsaturated/α-hetero) is 1. The van der Waals surface area contributed by atoms with Crippen molar-refractivity contribution >= 4 is 28.7 Å². The van der Waals surface area contributed by atoms with Crippen LogP contribution in [0.25, 0.3) is 0 Å². The Hall–Kier alpha value is -0.480. The number of hydrogen-bond donors (Lipinski definition) is 0. The number of carbonyl (C=O) groups is 1. The number of carbonyl (C=O) groups excluding carboxylic acids is 1. The first-order valence-corrected chi connectivity index (χ1v) is 4.88. The Morgan fingerprint density at radius 3 is 2.77 bits per heavy atom. The molecule has 72 valence electrons. The summed E-state index contributed by atoms with van der Waals surface area (Å²) in [5.74, 6) is -1.22. The van der Waals surface area contributed by atoms with Crippen molar-refractivity contribution in [3.63, 3.8) is 0 Å². The largest absolute Gasteiger partial charge is 0.380 e. The second-order valence-corrected chi connectivity index (χ2v) is 4.01. The first-order valence-electron chi connectivity index (χ1n) is 3.62. The molecule has 0 spiro atoms. The predicted molar refractivity (Wildman–Crippen MR) is 48.4 cm³/mol. The molecule has 0 saturated carbocycles. The lowest BCUT2D eigenvalue weighted by atomic mass is 10.2. The van der Waals surface area contributed by atoms with Crippen LogP contribution in [0.3, 0.4) is 0 Å². The molecule has 0 atom stereocenters. The minimum absolute atomic E-state index is 0.211. The maximum Gasteiger partial charge on any atom is 0.380 e. The van der Waals surface area contributed by atoms with E-state index in [-0.39, 0.29) is 6.42 Å². The Balaban J connectivity index is 2.40. The zero-order valence-corrected chi connectivity index (χ0v) is 8.17. The fraction of sp³-hybridized carbons (Fsp3) is 0.375. The first kappa shape index (κ1) is 10.6. The van der Waals surface area contributed by atoms with Crippen LogP contribution in [0.2, 0.25) is 0 Å². The van der Waals surface area contributed by atoms with Crippen LogP contribution in [0.5, 0.6) is 0 Å². The summed E-state index contributed by atoms with van der Waals surface area (Å²) in [4.78, 5) is 11.6. The Morgan fingerprint density at radius 1 is 1.62 bits per heavy atom. The summed E-state index contributed by atoms with van der Waals surface area (Å²) in [6.07, 6.45) is 0.121. The molecule has 0 fully saturated rings. The van der Waals surface area contributed by atoms with Crippen molar-refractivity contribution in [3.8, 4) is 0 Å². The number of hydrogen-bond acceptors (Lipinski definition) is 2. The number of thiophene rings is 1. The van der Waals surface area contributed by atoms with Gasteiger partial charge in [-0.3, -0.25) is 4.79 Å². The molecule has 5 heteroatoms. The highest BCUT2D eigenvalue weighted by Gasteiger charge is 2.34. The van der Waals surface area contributed by atoms with Crippen LogP contribution in [-0.4, -0.2) is 11.2 Å². The molecule has 0 aliphatic rings. The number of alkyl halides is 3. The van der Waals surface area contributed by atoms with E-state index in [0.717, 1.165) is 4.88 Å². The number of ketones is 1. The molecule has 0 aliphatic carbocycles. The fourth-order valence-corrected chi connectivity index (χ4v) is 1.64. The van der Waals surface area contributed by atoms with Crippen molar-refractivity contribution in [3.05, 3.63) is 22.4 Å². The van der Waals surface area contributed by atoms with Gasteiger partial charge in [0.2, 0.25) is 5.78 Å². The van der Waals surface area contributed by atoms with Crippen LogP contribution >= 0.6 is 22.9 Å².